The zero-order valence-corrected chi connectivity index (χ0v) is 14.6. The van der Waals surface area contributed by atoms with Crippen LogP contribution in [0.25, 0.3) is 22.4 Å². The van der Waals surface area contributed by atoms with Crippen LogP contribution in [0.3, 0.4) is 0 Å². The van der Waals surface area contributed by atoms with Crippen molar-refractivity contribution >= 4 is 22.8 Å². The lowest BCUT2D eigenvalue weighted by atomic mass is 10.1. The largest absolute Gasteiger partial charge is 0.573 e. The number of ether oxygens (including phenoxy) is 1. The van der Waals surface area contributed by atoms with Crippen LogP contribution in [0.15, 0.2) is 61.1 Å². The lowest BCUT2D eigenvalue weighted by molar-refractivity contribution is -0.274. The molecule has 0 radical (unpaired) electrons. The number of carbonyl (C=O) groups is 1. The van der Waals surface area contributed by atoms with Gasteiger partial charge in [-0.1, -0.05) is 18.2 Å². The fourth-order valence-corrected chi connectivity index (χ4v) is 2.74. The third-order valence-corrected chi connectivity index (χ3v) is 3.90. The van der Waals surface area contributed by atoms with Crippen LogP contribution in [0.1, 0.15) is 10.4 Å². The van der Waals surface area contributed by atoms with E-state index in [1.54, 1.807) is 24.3 Å². The standard InChI is InChI=1S/C19H12F3N5O2/c20-19(21,22)29-12-4-1-3-11(9-12)17-25-14-6-2-5-13(16(14)27-17)18(28)26-15-10-23-7-8-24-15/h1-10H,(H,25,27)(H,24,26,28). The molecule has 0 saturated carbocycles. The molecule has 2 N–H and O–H groups in total. The molecule has 2 aromatic carbocycles. The van der Waals surface area contributed by atoms with Crippen molar-refractivity contribution in [3.63, 3.8) is 0 Å². The van der Waals surface area contributed by atoms with Crippen molar-refractivity contribution in [2.75, 3.05) is 5.32 Å². The van der Waals surface area contributed by atoms with Crippen LogP contribution in [0, 0.1) is 0 Å². The monoisotopic (exact) mass is 399 g/mol. The maximum absolute atomic E-state index is 12.6. The zero-order chi connectivity index (χ0) is 20.4. The number of anilines is 1. The van der Waals surface area contributed by atoms with Gasteiger partial charge in [-0.2, -0.15) is 0 Å². The summed E-state index contributed by atoms with van der Waals surface area (Å²) in [6.07, 6.45) is -0.468. The molecule has 0 saturated heterocycles. The van der Waals surface area contributed by atoms with Gasteiger partial charge in [0, 0.05) is 18.0 Å². The average molecular weight is 399 g/mol. The van der Waals surface area contributed by atoms with Gasteiger partial charge < -0.3 is 15.0 Å². The molecule has 1 amide bonds. The number of para-hydroxylation sites is 1. The number of nitrogens with one attached hydrogen (secondary N) is 2. The van der Waals surface area contributed by atoms with E-state index in [1.807, 2.05) is 0 Å². The molecule has 146 valence electrons. The molecule has 7 nitrogen and oxygen atoms in total. The normalized spacial score (nSPS) is 11.4. The number of nitrogens with zero attached hydrogens (tertiary/aromatic N) is 3. The van der Waals surface area contributed by atoms with Gasteiger partial charge in [0.05, 0.1) is 17.3 Å². The summed E-state index contributed by atoms with van der Waals surface area (Å²) in [7, 11) is 0. The molecule has 0 atom stereocenters. The minimum absolute atomic E-state index is 0.276. The van der Waals surface area contributed by atoms with Gasteiger partial charge in [0.15, 0.2) is 5.82 Å². The maximum atomic E-state index is 12.6. The molecule has 4 aromatic rings. The quantitative estimate of drug-likeness (QED) is 0.537. The van der Waals surface area contributed by atoms with Crippen LogP contribution in [-0.4, -0.2) is 32.2 Å². The number of carbonyl (C=O) groups excluding carboxylic acids is 1. The summed E-state index contributed by atoms with van der Waals surface area (Å²) in [5.74, 6) is -0.228. The van der Waals surface area contributed by atoms with Gasteiger partial charge in [0.25, 0.3) is 5.91 Å². The van der Waals surface area contributed by atoms with Gasteiger partial charge >= 0.3 is 6.36 Å². The molecule has 0 aliphatic heterocycles. The van der Waals surface area contributed by atoms with Crippen LogP contribution in [0.5, 0.6) is 5.75 Å². The van der Waals surface area contributed by atoms with E-state index in [1.165, 1.54) is 36.8 Å². The smallest absolute Gasteiger partial charge is 0.406 e. The molecular formula is C19H12F3N5O2. The SMILES string of the molecule is O=C(Nc1cnccn1)c1cccc2[nH]c(-c3cccc(OC(F)(F)F)c3)nc12. The van der Waals surface area contributed by atoms with E-state index in [0.29, 0.717) is 22.4 Å². The third-order valence-electron chi connectivity index (χ3n) is 3.90. The third kappa shape index (κ3) is 4.15. The van der Waals surface area contributed by atoms with Gasteiger partial charge in [0.1, 0.15) is 17.1 Å². The molecule has 29 heavy (non-hydrogen) atoms. The molecular weight excluding hydrogens is 387 g/mol. The predicted molar refractivity (Wildman–Crippen MR) is 98.2 cm³/mol. The topological polar surface area (TPSA) is 92.8 Å². The van der Waals surface area contributed by atoms with E-state index in [-0.39, 0.29) is 17.1 Å². The number of amides is 1. The molecule has 0 fully saturated rings. The Kier molecular flexibility index (Phi) is 4.59. The Morgan fingerprint density at radius 1 is 1.10 bits per heavy atom. The van der Waals surface area contributed by atoms with E-state index >= 15 is 0 Å². The van der Waals surface area contributed by atoms with Crippen LogP contribution >= 0.6 is 0 Å². The highest BCUT2D eigenvalue weighted by Crippen LogP contribution is 2.28. The summed E-state index contributed by atoms with van der Waals surface area (Å²) in [5, 5.41) is 2.62. The van der Waals surface area contributed by atoms with Gasteiger partial charge in [-0.25, -0.2) is 9.97 Å². The Morgan fingerprint density at radius 3 is 2.69 bits per heavy atom. The molecule has 0 aliphatic rings. The summed E-state index contributed by atoms with van der Waals surface area (Å²) in [4.78, 5) is 27.9. The maximum Gasteiger partial charge on any atom is 0.573 e. The summed E-state index contributed by atoms with van der Waals surface area (Å²) < 4.78 is 41.3. The van der Waals surface area contributed by atoms with Crippen molar-refractivity contribution in [1.29, 1.82) is 0 Å². The Morgan fingerprint density at radius 2 is 1.93 bits per heavy atom. The summed E-state index contributed by atoms with van der Waals surface area (Å²) >= 11 is 0. The molecule has 0 spiro atoms. The molecule has 0 bridgehead atoms. The number of fused-ring (bicyclic) bond motifs is 1. The average Bonchev–Trinajstić information content (AvgIpc) is 3.12. The Balaban J connectivity index is 1.68. The van der Waals surface area contributed by atoms with Crippen molar-refractivity contribution in [1.82, 2.24) is 19.9 Å². The highest BCUT2D eigenvalue weighted by molar-refractivity contribution is 6.11. The first-order valence-corrected chi connectivity index (χ1v) is 8.31. The minimum atomic E-state index is -4.79. The van der Waals surface area contributed by atoms with Gasteiger partial charge in [-0.05, 0) is 24.3 Å². The van der Waals surface area contributed by atoms with Crippen LogP contribution in [0.4, 0.5) is 19.0 Å². The fraction of sp³-hybridized carbons (Fsp3) is 0.0526. The molecule has 10 heteroatoms. The van der Waals surface area contributed by atoms with Crippen LogP contribution in [0.2, 0.25) is 0 Å². The second-order valence-electron chi connectivity index (χ2n) is 5.91. The number of aromatic amines is 1. The first-order valence-electron chi connectivity index (χ1n) is 8.31. The number of H-pyrrole nitrogens is 1. The summed E-state index contributed by atoms with van der Waals surface area (Å²) in [6, 6.07) is 10.4. The van der Waals surface area contributed by atoms with Crippen molar-refractivity contribution in [2.45, 2.75) is 6.36 Å². The second-order valence-corrected chi connectivity index (χ2v) is 5.91. The highest BCUT2D eigenvalue weighted by atomic mass is 19.4. The Hall–Kier alpha value is -3.95. The van der Waals surface area contributed by atoms with Gasteiger partial charge in [-0.3, -0.25) is 9.78 Å². The van der Waals surface area contributed by atoms with Crippen molar-refractivity contribution in [2.24, 2.45) is 0 Å². The van der Waals surface area contributed by atoms with Crippen molar-refractivity contribution in [3.8, 4) is 17.1 Å². The highest BCUT2D eigenvalue weighted by Gasteiger charge is 2.31. The number of hydrogen-bond acceptors (Lipinski definition) is 5. The first kappa shape index (κ1) is 18.4. The lowest BCUT2D eigenvalue weighted by Gasteiger charge is -2.09. The number of benzene rings is 2. The fourth-order valence-electron chi connectivity index (χ4n) is 2.74. The van der Waals surface area contributed by atoms with E-state index in [9.17, 15) is 18.0 Å². The van der Waals surface area contributed by atoms with Crippen LogP contribution in [-0.2, 0) is 0 Å². The summed E-state index contributed by atoms with van der Waals surface area (Å²) in [6.45, 7) is 0. The lowest BCUT2D eigenvalue weighted by Crippen LogP contribution is -2.17. The van der Waals surface area contributed by atoms with E-state index in [2.05, 4.69) is 30.0 Å². The number of halogens is 3. The van der Waals surface area contributed by atoms with Crippen LogP contribution < -0.4 is 10.1 Å². The predicted octanol–water partition coefficient (Wildman–Crippen LogP) is 4.17. The molecule has 0 unspecified atom stereocenters. The Labute approximate surface area is 161 Å². The number of rotatable bonds is 4. The van der Waals surface area contributed by atoms with Gasteiger partial charge in [0.2, 0.25) is 0 Å². The summed E-state index contributed by atoms with van der Waals surface area (Å²) in [5.41, 5.74) is 1.57. The molecule has 2 heterocycles. The van der Waals surface area contributed by atoms with E-state index in [4.69, 9.17) is 0 Å². The first-order chi connectivity index (χ1) is 13.9. The van der Waals surface area contributed by atoms with Crippen molar-refractivity contribution in [3.05, 3.63) is 66.6 Å². The molecule has 0 aliphatic carbocycles. The number of alkyl halides is 3. The Bertz CT molecular complexity index is 1180. The molecule has 2 aromatic heterocycles. The number of imidazole rings is 1. The number of aromatic nitrogens is 4. The minimum Gasteiger partial charge on any atom is -0.406 e. The van der Waals surface area contributed by atoms with Crippen molar-refractivity contribution < 1.29 is 22.7 Å². The van der Waals surface area contributed by atoms with Gasteiger partial charge in [-0.15, -0.1) is 13.2 Å². The van der Waals surface area contributed by atoms with E-state index in [0.717, 1.165) is 0 Å². The zero-order valence-electron chi connectivity index (χ0n) is 14.6. The number of hydrogen-bond donors (Lipinski definition) is 2. The molecule has 4 rings (SSSR count). The second kappa shape index (κ2) is 7.23. The van der Waals surface area contributed by atoms with E-state index < -0.39 is 12.3 Å².